The molecule has 1 unspecified atom stereocenters. The average molecular weight is 373 g/mol. The lowest BCUT2D eigenvalue weighted by Gasteiger charge is -2.17. The van der Waals surface area contributed by atoms with E-state index in [-0.39, 0.29) is 18.4 Å². The second-order valence-corrected chi connectivity index (χ2v) is 6.08. The molecular formula is C21H27NO5. The number of hydrogen-bond acceptors (Lipinski definition) is 5. The smallest absolute Gasteiger partial charge is 0.251 e. The van der Waals surface area contributed by atoms with E-state index < -0.39 is 0 Å². The van der Waals surface area contributed by atoms with Crippen LogP contribution in [0.15, 0.2) is 42.5 Å². The van der Waals surface area contributed by atoms with Gasteiger partial charge in [-0.1, -0.05) is 30.3 Å². The zero-order chi connectivity index (χ0) is 19.6. The number of benzene rings is 2. The normalized spacial score (nSPS) is 11.6. The van der Waals surface area contributed by atoms with E-state index in [1.165, 1.54) is 21.3 Å². The SMILES string of the molecule is COc1cc(C(=O)NCCC(CCO)c2ccccc2)cc(OC)c1OC. The number of aliphatic hydroxyl groups is 1. The molecule has 0 saturated heterocycles. The highest BCUT2D eigenvalue weighted by Crippen LogP contribution is 2.38. The first-order valence-electron chi connectivity index (χ1n) is 8.88. The van der Waals surface area contributed by atoms with E-state index in [0.29, 0.717) is 35.8 Å². The molecule has 0 aliphatic rings. The fourth-order valence-corrected chi connectivity index (χ4v) is 3.03. The van der Waals surface area contributed by atoms with E-state index in [0.717, 1.165) is 12.0 Å². The molecule has 0 aliphatic carbocycles. The van der Waals surface area contributed by atoms with Gasteiger partial charge in [0, 0.05) is 18.7 Å². The number of nitrogens with one attached hydrogen (secondary N) is 1. The summed E-state index contributed by atoms with van der Waals surface area (Å²) in [4.78, 5) is 12.5. The molecule has 2 rings (SSSR count). The second kappa shape index (κ2) is 10.4. The molecule has 2 N–H and O–H groups in total. The molecular weight excluding hydrogens is 346 g/mol. The Bertz CT molecular complexity index is 708. The molecule has 0 radical (unpaired) electrons. The lowest BCUT2D eigenvalue weighted by Crippen LogP contribution is -2.26. The summed E-state index contributed by atoms with van der Waals surface area (Å²) in [5, 5.41) is 12.2. The van der Waals surface area contributed by atoms with Crippen LogP contribution >= 0.6 is 0 Å². The van der Waals surface area contributed by atoms with Gasteiger partial charge in [-0.25, -0.2) is 0 Å². The molecule has 6 nitrogen and oxygen atoms in total. The number of hydrogen-bond donors (Lipinski definition) is 2. The molecule has 0 bridgehead atoms. The maximum Gasteiger partial charge on any atom is 0.251 e. The molecule has 146 valence electrons. The fraction of sp³-hybridized carbons (Fsp3) is 0.381. The standard InChI is InChI=1S/C21H27NO5/c1-25-18-13-17(14-19(26-2)20(18)27-3)21(24)22-11-9-16(10-12-23)15-7-5-4-6-8-15/h4-8,13-14,16,23H,9-12H2,1-3H3,(H,22,24). The van der Waals surface area contributed by atoms with Gasteiger partial charge in [0.2, 0.25) is 5.75 Å². The summed E-state index contributed by atoms with van der Waals surface area (Å²) in [5.74, 6) is 1.29. The van der Waals surface area contributed by atoms with E-state index in [1.807, 2.05) is 30.3 Å². The van der Waals surface area contributed by atoms with Crippen LogP contribution in [0, 0.1) is 0 Å². The van der Waals surface area contributed by atoms with Crippen molar-refractivity contribution in [1.82, 2.24) is 5.32 Å². The molecule has 2 aromatic carbocycles. The van der Waals surface area contributed by atoms with Crippen molar-refractivity contribution in [2.24, 2.45) is 0 Å². The minimum Gasteiger partial charge on any atom is -0.493 e. The van der Waals surface area contributed by atoms with E-state index in [2.05, 4.69) is 5.32 Å². The van der Waals surface area contributed by atoms with Gasteiger partial charge in [0.15, 0.2) is 11.5 Å². The third kappa shape index (κ3) is 5.37. The van der Waals surface area contributed by atoms with Gasteiger partial charge >= 0.3 is 0 Å². The van der Waals surface area contributed by atoms with Crippen molar-refractivity contribution >= 4 is 5.91 Å². The van der Waals surface area contributed by atoms with Gasteiger partial charge in [-0.15, -0.1) is 0 Å². The number of carbonyl (C=O) groups is 1. The van der Waals surface area contributed by atoms with Crippen molar-refractivity contribution in [3.63, 3.8) is 0 Å². The Morgan fingerprint density at radius 2 is 1.63 bits per heavy atom. The van der Waals surface area contributed by atoms with Crippen LogP contribution in [-0.4, -0.2) is 45.5 Å². The topological polar surface area (TPSA) is 77.0 Å². The summed E-state index contributed by atoms with van der Waals surface area (Å²) in [5.41, 5.74) is 1.59. The number of aliphatic hydroxyl groups excluding tert-OH is 1. The van der Waals surface area contributed by atoms with Gasteiger partial charge in [0.1, 0.15) is 0 Å². The van der Waals surface area contributed by atoms with Gasteiger partial charge in [0.25, 0.3) is 5.91 Å². The van der Waals surface area contributed by atoms with Crippen molar-refractivity contribution in [1.29, 1.82) is 0 Å². The van der Waals surface area contributed by atoms with Crippen LogP contribution in [-0.2, 0) is 0 Å². The second-order valence-electron chi connectivity index (χ2n) is 6.08. The maximum absolute atomic E-state index is 12.5. The van der Waals surface area contributed by atoms with Crippen molar-refractivity contribution in [2.45, 2.75) is 18.8 Å². The first-order valence-corrected chi connectivity index (χ1v) is 8.88. The minimum absolute atomic E-state index is 0.111. The molecule has 0 fully saturated rings. The highest BCUT2D eigenvalue weighted by atomic mass is 16.5. The van der Waals surface area contributed by atoms with Crippen molar-refractivity contribution in [2.75, 3.05) is 34.5 Å². The third-order valence-corrected chi connectivity index (χ3v) is 4.45. The van der Waals surface area contributed by atoms with E-state index >= 15 is 0 Å². The Morgan fingerprint density at radius 3 is 2.15 bits per heavy atom. The number of methoxy groups -OCH3 is 3. The summed E-state index contributed by atoms with van der Waals surface area (Å²) in [7, 11) is 4.54. The molecule has 27 heavy (non-hydrogen) atoms. The third-order valence-electron chi connectivity index (χ3n) is 4.45. The summed E-state index contributed by atoms with van der Waals surface area (Å²) in [6, 6.07) is 13.3. The predicted molar refractivity (Wildman–Crippen MR) is 104 cm³/mol. The summed E-state index contributed by atoms with van der Waals surface area (Å²) >= 11 is 0. The predicted octanol–water partition coefficient (Wildman–Crippen LogP) is 3.00. The van der Waals surface area contributed by atoms with Gasteiger partial charge in [-0.05, 0) is 36.5 Å². The van der Waals surface area contributed by atoms with Gasteiger partial charge in [-0.2, -0.15) is 0 Å². The minimum atomic E-state index is -0.218. The quantitative estimate of drug-likeness (QED) is 0.669. The Labute approximate surface area is 160 Å². The van der Waals surface area contributed by atoms with Crippen LogP contribution in [0.4, 0.5) is 0 Å². The monoisotopic (exact) mass is 373 g/mol. The fourth-order valence-electron chi connectivity index (χ4n) is 3.03. The highest BCUT2D eigenvalue weighted by Gasteiger charge is 2.17. The number of ether oxygens (including phenoxy) is 3. The maximum atomic E-state index is 12.5. The van der Waals surface area contributed by atoms with Gasteiger partial charge in [-0.3, -0.25) is 4.79 Å². The average Bonchev–Trinajstić information content (AvgIpc) is 2.72. The van der Waals surface area contributed by atoms with E-state index in [1.54, 1.807) is 12.1 Å². The molecule has 1 atom stereocenters. The molecule has 6 heteroatoms. The summed E-state index contributed by atoms with van der Waals surface area (Å²) in [6.45, 7) is 0.607. The van der Waals surface area contributed by atoms with Crippen LogP contribution in [0.25, 0.3) is 0 Å². The molecule has 0 heterocycles. The number of carbonyl (C=O) groups excluding carboxylic acids is 1. The van der Waals surface area contributed by atoms with E-state index in [4.69, 9.17) is 14.2 Å². The largest absolute Gasteiger partial charge is 0.493 e. The Hall–Kier alpha value is -2.73. The van der Waals surface area contributed by atoms with Crippen molar-refractivity contribution in [3.8, 4) is 17.2 Å². The van der Waals surface area contributed by atoms with Crippen molar-refractivity contribution in [3.05, 3.63) is 53.6 Å². The molecule has 0 aliphatic heterocycles. The first kappa shape index (κ1) is 20.6. The molecule has 0 aromatic heterocycles. The molecule has 1 amide bonds. The number of amides is 1. The Kier molecular flexibility index (Phi) is 7.95. The van der Waals surface area contributed by atoms with E-state index in [9.17, 15) is 9.90 Å². The van der Waals surface area contributed by atoms with Crippen LogP contribution < -0.4 is 19.5 Å². The van der Waals surface area contributed by atoms with Crippen molar-refractivity contribution < 1.29 is 24.1 Å². The first-order chi connectivity index (χ1) is 13.1. The lowest BCUT2D eigenvalue weighted by molar-refractivity contribution is 0.0951. The Balaban J connectivity index is 2.04. The van der Waals surface area contributed by atoms with Crippen LogP contribution in [0.1, 0.15) is 34.7 Å². The van der Waals surface area contributed by atoms with Gasteiger partial charge in [0.05, 0.1) is 21.3 Å². The zero-order valence-electron chi connectivity index (χ0n) is 16.0. The summed E-state index contributed by atoms with van der Waals surface area (Å²) in [6.07, 6.45) is 1.39. The van der Waals surface area contributed by atoms with Crippen LogP contribution in [0.3, 0.4) is 0 Å². The Morgan fingerprint density at radius 1 is 1.00 bits per heavy atom. The molecule has 0 spiro atoms. The highest BCUT2D eigenvalue weighted by molar-refractivity contribution is 5.95. The van der Waals surface area contributed by atoms with Crippen LogP contribution in [0.5, 0.6) is 17.2 Å². The molecule has 0 saturated carbocycles. The lowest BCUT2D eigenvalue weighted by atomic mass is 9.93. The van der Waals surface area contributed by atoms with Crippen LogP contribution in [0.2, 0.25) is 0 Å². The summed E-state index contributed by atoms with van der Waals surface area (Å²) < 4.78 is 15.9. The zero-order valence-corrected chi connectivity index (χ0v) is 16.0. The molecule has 2 aromatic rings. The number of rotatable bonds is 10. The van der Waals surface area contributed by atoms with Gasteiger partial charge < -0.3 is 24.6 Å².